The Bertz CT molecular complexity index is 627. The van der Waals surface area contributed by atoms with E-state index >= 15 is 0 Å². The Hall–Kier alpha value is -2.48. The molecule has 0 aromatic carbocycles. The Morgan fingerprint density at radius 3 is 2.95 bits per heavy atom. The lowest BCUT2D eigenvalue weighted by atomic mass is 10.4. The Labute approximate surface area is 112 Å². The molecular weight excluding hydrogens is 274 g/mol. The molecule has 0 saturated heterocycles. The fraction of sp³-hybridized carbons (Fsp3) is 0.100. The van der Waals surface area contributed by atoms with E-state index in [9.17, 15) is 9.59 Å². The van der Waals surface area contributed by atoms with Gasteiger partial charge in [-0.3, -0.25) is 9.59 Å². The summed E-state index contributed by atoms with van der Waals surface area (Å²) in [7, 11) is 0. The van der Waals surface area contributed by atoms with Crippen LogP contribution in [0.15, 0.2) is 24.5 Å². The van der Waals surface area contributed by atoms with Crippen LogP contribution in [0, 0.1) is 0 Å². The van der Waals surface area contributed by atoms with Gasteiger partial charge in [0.2, 0.25) is 0 Å². The van der Waals surface area contributed by atoms with Crippen LogP contribution in [-0.4, -0.2) is 37.0 Å². The third-order valence-electron chi connectivity index (χ3n) is 2.06. The summed E-state index contributed by atoms with van der Waals surface area (Å²) in [6.07, 6.45) is 2.70. The molecule has 0 aliphatic rings. The van der Waals surface area contributed by atoms with Crippen LogP contribution in [0.5, 0.6) is 0 Å². The second-order valence-electron chi connectivity index (χ2n) is 3.48. The van der Waals surface area contributed by atoms with Crippen molar-refractivity contribution in [2.45, 2.75) is 6.54 Å². The topological polar surface area (TPSA) is 110 Å². The van der Waals surface area contributed by atoms with Gasteiger partial charge in [0.25, 0.3) is 5.91 Å². The minimum absolute atomic E-state index is 0.0250. The van der Waals surface area contributed by atoms with E-state index in [1.807, 2.05) is 0 Å². The summed E-state index contributed by atoms with van der Waals surface area (Å²) < 4.78 is 1.04. The van der Waals surface area contributed by atoms with Gasteiger partial charge in [-0.15, -0.1) is 5.10 Å². The first-order chi connectivity index (χ1) is 9.06. The summed E-state index contributed by atoms with van der Waals surface area (Å²) in [6, 6.07) is 3.20. The molecule has 1 amide bonds. The van der Waals surface area contributed by atoms with E-state index in [4.69, 9.17) is 16.7 Å². The maximum atomic E-state index is 11.8. The number of carbonyl (C=O) groups is 2. The van der Waals surface area contributed by atoms with E-state index in [1.54, 1.807) is 12.1 Å². The van der Waals surface area contributed by atoms with Crippen LogP contribution < -0.4 is 5.32 Å². The molecule has 0 saturated carbocycles. The first-order valence-electron chi connectivity index (χ1n) is 5.10. The largest absolute Gasteiger partial charge is 0.480 e. The number of nitrogens with zero attached hydrogens (tertiary/aromatic N) is 4. The minimum Gasteiger partial charge on any atom is -0.480 e. The second kappa shape index (κ2) is 5.44. The van der Waals surface area contributed by atoms with Gasteiger partial charge in [0.15, 0.2) is 11.5 Å². The van der Waals surface area contributed by atoms with E-state index < -0.39 is 11.9 Å². The fourth-order valence-electron chi connectivity index (χ4n) is 1.27. The van der Waals surface area contributed by atoms with E-state index in [0.29, 0.717) is 0 Å². The zero-order valence-electron chi connectivity index (χ0n) is 9.45. The van der Waals surface area contributed by atoms with Crippen molar-refractivity contribution in [2.24, 2.45) is 0 Å². The highest BCUT2D eigenvalue weighted by Gasteiger charge is 2.14. The van der Waals surface area contributed by atoms with Gasteiger partial charge in [0, 0.05) is 6.20 Å². The lowest BCUT2D eigenvalue weighted by Crippen LogP contribution is -2.14. The quantitative estimate of drug-likeness (QED) is 0.852. The summed E-state index contributed by atoms with van der Waals surface area (Å²) in [4.78, 5) is 26.1. The van der Waals surface area contributed by atoms with Gasteiger partial charge in [-0.1, -0.05) is 16.8 Å². The van der Waals surface area contributed by atoms with Crippen LogP contribution in [-0.2, 0) is 11.3 Å². The van der Waals surface area contributed by atoms with Crippen molar-refractivity contribution in [3.8, 4) is 0 Å². The molecule has 19 heavy (non-hydrogen) atoms. The number of carbonyl (C=O) groups excluding carboxylic acids is 1. The maximum absolute atomic E-state index is 11.8. The number of amides is 1. The number of hydrogen-bond donors (Lipinski definition) is 2. The van der Waals surface area contributed by atoms with E-state index in [-0.39, 0.29) is 23.1 Å². The number of rotatable bonds is 4. The number of carboxylic acids is 1. The first kappa shape index (κ1) is 13.0. The molecule has 0 bridgehead atoms. The van der Waals surface area contributed by atoms with Crippen molar-refractivity contribution in [2.75, 3.05) is 5.32 Å². The summed E-state index contributed by atoms with van der Waals surface area (Å²) >= 11 is 5.83. The molecule has 2 aromatic rings. The number of aromatic nitrogens is 4. The number of hydrogen-bond acceptors (Lipinski definition) is 5. The Morgan fingerprint density at radius 1 is 1.47 bits per heavy atom. The molecule has 8 nitrogen and oxygen atoms in total. The standard InChI is InChI=1S/C10H8ClN5O3/c11-6-2-1-3-12-9(6)13-10(19)7-4-16(15-14-7)5-8(17)18/h1-4H,5H2,(H,17,18)(H,12,13,19). The van der Waals surface area contributed by atoms with Gasteiger partial charge >= 0.3 is 5.97 Å². The van der Waals surface area contributed by atoms with Crippen LogP contribution in [0.4, 0.5) is 5.82 Å². The average Bonchev–Trinajstić information content (AvgIpc) is 2.79. The van der Waals surface area contributed by atoms with E-state index in [0.717, 1.165) is 4.68 Å². The first-order valence-corrected chi connectivity index (χ1v) is 5.48. The monoisotopic (exact) mass is 281 g/mol. The third kappa shape index (κ3) is 3.26. The fourth-order valence-corrected chi connectivity index (χ4v) is 1.44. The van der Waals surface area contributed by atoms with Crippen molar-refractivity contribution in [1.82, 2.24) is 20.0 Å². The summed E-state index contributed by atoms with van der Waals surface area (Å²) in [5, 5.41) is 18.4. The average molecular weight is 282 g/mol. The highest BCUT2D eigenvalue weighted by atomic mass is 35.5. The number of aliphatic carboxylic acids is 1. The number of carboxylic acid groups (broad SMARTS) is 1. The molecule has 0 radical (unpaired) electrons. The molecule has 2 rings (SSSR count). The van der Waals surface area contributed by atoms with Crippen molar-refractivity contribution in [1.29, 1.82) is 0 Å². The zero-order chi connectivity index (χ0) is 13.8. The number of halogens is 1. The molecule has 2 heterocycles. The molecule has 0 spiro atoms. The molecule has 0 aliphatic carbocycles. The van der Waals surface area contributed by atoms with Crippen molar-refractivity contribution in [3.63, 3.8) is 0 Å². The van der Waals surface area contributed by atoms with Gasteiger partial charge < -0.3 is 10.4 Å². The molecule has 2 aromatic heterocycles. The van der Waals surface area contributed by atoms with Gasteiger partial charge in [0.1, 0.15) is 6.54 Å². The van der Waals surface area contributed by atoms with Crippen molar-refractivity contribution >= 4 is 29.3 Å². The van der Waals surface area contributed by atoms with Crippen LogP contribution in [0.3, 0.4) is 0 Å². The number of pyridine rings is 1. The molecule has 0 atom stereocenters. The second-order valence-corrected chi connectivity index (χ2v) is 3.89. The molecule has 0 aliphatic heterocycles. The van der Waals surface area contributed by atoms with E-state index in [2.05, 4.69) is 20.6 Å². The highest BCUT2D eigenvalue weighted by molar-refractivity contribution is 6.33. The number of anilines is 1. The Morgan fingerprint density at radius 2 is 2.26 bits per heavy atom. The van der Waals surface area contributed by atoms with Crippen molar-refractivity contribution in [3.05, 3.63) is 35.2 Å². The predicted octanol–water partition coefficient (Wildman–Crippen LogP) is 0.663. The van der Waals surface area contributed by atoms with Gasteiger partial charge in [0.05, 0.1) is 11.2 Å². The Balaban J connectivity index is 2.10. The van der Waals surface area contributed by atoms with Gasteiger partial charge in [-0.05, 0) is 12.1 Å². The normalized spacial score (nSPS) is 10.2. The molecule has 98 valence electrons. The molecule has 2 N–H and O–H groups in total. The highest BCUT2D eigenvalue weighted by Crippen LogP contribution is 2.17. The lowest BCUT2D eigenvalue weighted by Gasteiger charge is -2.02. The number of nitrogens with one attached hydrogen (secondary N) is 1. The van der Waals surface area contributed by atoms with Gasteiger partial charge in [-0.2, -0.15) is 0 Å². The summed E-state index contributed by atoms with van der Waals surface area (Å²) in [6.45, 7) is -0.370. The van der Waals surface area contributed by atoms with Gasteiger partial charge in [-0.25, -0.2) is 9.67 Å². The van der Waals surface area contributed by atoms with Crippen LogP contribution in [0.1, 0.15) is 10.5 Å². The Kier molecular flexibility index (Phi) is 3.71. The molecule has 9 heteroatoms. The van der Waals surface area contributed by atoms with Crippen LogP contribution in [0.25, 0.3) is 0 Å². The maximum Gasteiger partial charge on any atom is 0.325 e. The lowest BCUT2D eigenvalue weighted by molar-refractivity contribution is -0.137. The van der Waals surface area contributed by atoms with Crippen molar-refractivity contribution < 1.29 is 14.7 Å². The van der Waals surface area contributed by atoms with Crippen LogP contribution >= 0.6 is 11.6 Å². The molecule has 0 fully saturated rings. The minimum atomic E-state index is -1.08. The summed E-state index contributed by atoms with van der Waals surface area (Å²) in [5.74, 6) is -1.45. The van der Waals surface area contributed by atoms with Crippen LogP contribution in [0.2, 0.25) is 5.02 Å². The smallest absolute Gasteiger partial charge is 0.325 e. The third-order valence-corrected chi connectivity index (χ3v) is 2.36. The predicted molar refractivity (Wildman–Crippen MR) is 64.9 cm³/mol. The SMILES string of the molecule is O=C(O)Cn1cc(C(=O)Nc2ncccc2Cl)nn1. The summed E-state index contributed by atoms with van der Waals surface area (Å²) in [5.41, 5.74) is -0.0250. The molecular formula is C10H8ClN5O3. The van der Waals surface area contributed by atoms with E-state index in [1.165, 1.54) is 12.4 Å². The molecule has 0 unspecified atom stereocenters. The zero-order valence-corrected chi connectivity index (χ0v) is 10.2.